The van der Waals surface area contributed by atoms with Gasteiger partial charge < -0.3 is 29.2 Å². The summed E-state index contributed by atoms with van der Waals surface area (Å²) < 4.78 is 21.1. The first-order valence-corrected chi connectivity index (χ1v) is 20.2. The number of carbonyl (C=O) groups excluding carboxylic acids is 4. The molecular formula is C34H64N2O8S2. The fraction of sp³-hybridized carbons (Fsp3) is 0.882. The van der Waals surface area contributed by atoms with E-state index in [-0.39, 0.29) is 49.9 Å². The van der Waals surface area contributed by atoms with Crippen molar-refractivity contribution < 1.29 is 38.1 Å². The van der Waals surface area contributed by atoms with Gasteiger partial charge in [-0.15, -0.1) is 0 Å². The molecule has 0 aliphatic carbocycles. The Kier molecular flexibility index (Phi) is 32.0. The van der Waals surface area contributed by atoms with Gasteiger partial charge in [0.15, 0.2) is 0 Å². The molecular weight excluding hydrogens is 629 g/mol. The molecule has 1 N–H and O–H groups in total. The number of esters is 3. The number of hydrogen-bond donors (Lipinski definition) is 1. The Balaban J connectivity index is 4.40. The summed E-state index contributed by atoms with van der Waals surface area (Å²) in [7, 11) is 3.17. The Morgan fingerprint density at radius 3 is 1.83 bits per heavy atom. The second-order valence-electron chi connectivity index (χ2n) is 11.3. The zero-order valence-corrected chi connectivity index (χ0v) is 30.9. The van der Waals surface area contributed by atoms with Gasteiger partial charge in [0.1, 0.15) is 13.2 Å². The maximum absolute atomic E-state index is 12.8. The normalized spacial score (nSPS) is 11.0. The lowest BCUT2D eigenvalue weighted by molar-refractivity contribution is -0.148. The van der Waals surface area contributed by atoms with E-state index in [4.69, 9.17) is 18.9 Å². The van der Waals surface area contributed by atoms with E-state index in [1.54, 1.807) is 28.5 Å². The summed E-state index contributed by atoms with van der Waals surface area (Å²) in [6.07, 6.45) is 14.7. The van der Waals surface area contributed by atoms with Crippen molar-refractivity contribution in [3.05, 3.63) is 0 Å². The minimum Gasteiger partial charge on any atom is -0.466 e. The molecule has 1 amide bonds. The minimum absolute atomic E-state index is 0.00473. The molecule has 0 saturated heterocycles. The third kappa shape index (κ3) is 27.5. The van der Waals surface area contributed by atoms with Gasteiger partial charge >= 0.3 is 24.0 Å². The monoisotopic (exact) mass is 692 g/mol. The molecule has 0 fully saturated rings. The largest absolute Gasteiger partial charge is 0.466 e. The molecule has 0 aliphatic heterocycles. The second-order valence-corrected chi connectivity index (χ2v) is 14.0. The summed E-state index contributed by atoms with van der Waals surface area (Å²) in [6.45, 7) is 10.6. The molecule has 0 bridgehead atoms. The van der Waals surface area contributed by atoms with Crippen molar-refractivity contribution in [3.8, 4) is 0 Å². The molecule has 0 radical (unpaired) electrons. The minimum atomic E-state index is -0.483. The maximum atomic E-state index is 12.8. The van der Waals surface area contributed by atoms with Crippen LogP contribution in [0, 0.1) is 5.92 Å². The van der Waals surface area contributed by atoms with Gasteiger partial charge in [-0.2, -0.15) is 0 Å². The summed E-state index contributed by atoms with van der Waals surface area (Å²) in [6, 6.07) is 0. The standard InChI is InChI=1S/C34H64N2O8S2/c1-5-9-11-13-15-18-30(19-16-14-12-10-6-2)33(39)43-25-27-45-46-28-26-44-34(40)36(23-20-31(37)42-24-7-3)22-17-21-35-29-32(38)41-8-4/h30,35H,5-29H2,1-4H3. The Bertz CT molecular complexity index is 761. The number of rotatable bonds is 32. The average Bonchev–Trinajstić information content (AvgIpc) is 3.04. The highest BCUT2D eigenvalue weighted by Gasteiger charge is 2.20. The van der Waals surface area contributed by atoms with Gasteiger partial charge in [0.25, 0.3) is 0 Å². The smallest absolute Gasteiger partial charge is 0.409 e. The molecule has 0 saturated carbocycles. The van der Waals surface area contributed by atoms with Gasteiger partial charge in [0.2, 0.25) is 0 Å². The first-order chi connectivity index (χ1) is 22.4. The van der Waals surface area contributed by atoms with E-state index in [1.165, 1.54) is 56.3 Å². The lowest BCUT2D eigenvalue weighted by atomic mass is 9.94. The van der Waals surface area contributed by atoms with Crippen LogP contribution in [0.1, 0.15) is 124 Å². The number of nitrogens with one attached hydrogen (secondary N) is 1. The van der Waals surface area contributed by atoms with Crippen molar-refractivity contribution in [1.82, 2.24) is 10.2 Å². The van der Waals surface area contributed by atoms with Crippen molar-refractivity contribution >= 4 is 45.6 Å². The quantitative estimate of drug-likeness (QED) is 0.0325. The summed E-state index contributed by atoms with van der Waals surface area (Å²) >= 11 is 0. The molecule has 46 heavy (non-hydrogen) atoms. The SMILES string of the molecule is CCCCCCCC(CCCCCCC)C(=O)OCCSSCCOC(=O)N(CCCNCC(=O)OCC)CCC(=O)OCCC. The summed E-state index contributed by atoms with van der Waals surface area (Å²) in [5, 5.41) is 3.00. The number of ether oxygens (including phenoxy) is 4. The molecule has 0 unspecified atom stereocenters. The number of amides is 1. The average molecular weight is 693 g/mol. The van der Waals surface area contributed by atoms with Crippen LogP contribution >= 0.6 is 21.6 Å². The van der Waals surface area contributed by atoms with E-state index < -0.39 is 6.09 Å². The topological polar surface area (TPSA) is 120 Å². The van der Waals surface area contributed by atoms with E-state index in [9.17, 15) is 19.2 Å². The summed E-state index contributed by atoms with van der Waals surface area (Å²) in [5.41, 5.74) is 0. The Morgan fingerprint density at radius 1 is 0.630 bits per heavy atom. The van der Waals surface area contributed by atoms with E-state index in [2.05, 4.69) is 19.2 Å². The van der Waals surface area contributed by atoms with Crippen molar-refractivity contribution in [3.63, 3.8) is 0 Å². The number of unbranched alkanes of at least 4 members (excludes halogenated alkanes) is 8. The van der Waals surface area contributed by atoms with E-state index in [0.717, 1.165) is 32.1 Å². The fourth-order valence-corrected chi connectivity index (χ4v) is 6.29. The van der Waals surface area contributed by atoms with Crippen LogP contribution in [0.2, 0.25) is 0 Å². The zero-order valence-electron chi connectivity index (χ0n) is 29.3. The Labute approximate surface area is 287 Å². The van der Waals surface area contributed by atoms with Crippen LogP contribution in [-0.2, 0) is 33.3 Å². The molecule has 0 heterocycles. The van der Waals surface area contributed by atoms with Gasteiger partial charge in [-0.05, 0) is 39.2 Å². The predicted molar refractivity (Wildman–Crippen MR) is 189 cm³/mol. The third-order valence-corrected chi connectivity index (χ3v) is 9.53. The molecule has 10 nitrogen and oxygen atoms in total. The van der Waals surface area contributed by atoms with Crippen molar-refractivity contribution in [2.75, 3.05) is 64.1 Å². The molecule has 0 atom stereocenters. The lowest BCUT2D eigenvalue weighted by Crippen LogP contribution is -2.36. The van der Waals surface area contributed by atoms with Gasteiger partial charge in [0.05, 0.1) is 32.1 Å². The second kappa shape index (κ2) is 33.2. The van der Waals surface area contributed by atoms with Gasteiger partial charge in [0, 0.05) is 24.6 Å². The van der Waals surface area contributed by atoms with Crippen LogP contribution in [0.3, 0.4) is 0 Å². The molecule has 0 aromatic carbocycles. The molecule has 0 aliphatic rings. The van der Waals surface area contributed by atoms with Gasteiger partial charge in [-0.3, -0.25) is 14.4 Å². The van der Waals surface area contributed by atoms with Crippen LogP contribution in [-0.4, -0.2) is 93.0 Å². The molecule has 270 valence electrons. The lowest BCUT2D eigenvalue weighted by Gasteiger charge is -2.22. The summed E-state index contributed by atoms with van der Waals surface area (Å²) in [5.74, 6) is 0.546. The highest BCUT2D eigenvalue weighted by Crippen LogP contribution is 2.23. The van der Waals surface area contributed by atoms with Crippen LogP contribution in [0.4, 0.5) is 4.79 Å². The van der Waals surface area contributed by atoms with Crippen LogP contribution in [0.25, 0.3) is 0 Å². The van der Waals surface area contributed by atoms with Crippen LogP contribution in [0.5, 0.6) is 0 Å². The first-order valence-electron chi connectivity index (χ1n) is 17.7. The molecule has 12 heteroatoms. The first kappa shape index (κ1) is 44.3. The molecule has 0 spiro atoms. The third-order valence-electron chi connectivity index (χ3n) is 7.20. The van der Waals surface area contributed by atoms with Crippen LogP contribution in [0.15, 0.2) is 0 Å². The van der Waals surface area contributed by atoms with Gasteiger partial charge in [-0.1, -0.05) is 107 Å². The highest BCUT2D eigenvalue weighted by atomic mass is 33.1. The van der Waals surface area contributed by atoms with Crippen molar-refractivity contribution in [1.29, 1.82) is 0 Å². The van der Waals surface area contributed by atoms with Crippen molar-refractivity contribution in [2.45, 2.75) is 124 Å². The van der Waals surface area contributed by atoms with Gasteiger partial charge in [-0.25, -0.2) is 4.79 Å². The van der Waals surface area contributed by atoms with Crippen molar-refractivity contribution in [2.24, 2.45) is 5.92 Å². The zero-order chi connectivity index (χ0) is 34.1. The Morgan fingerprint density at radius 2 is 1.24 bits per heavy atom. The highest BCUT2D eigenvalue weighted by molar-refractivity contribution is 8.76. The number of hydrogen-bond acceptors (Lipinski definition) is 11. The molecule has 0 aromatic rings. The molecule has 0 aromatic heterocycles. The van der Waals surface area contributed by atoms with E-state index in [0.29, 0.717) is 50.8 Å². The fourth-order valence-electron chi connectivity index (χ4n) is 4.64. The van der Waals surface area contributed by atoms with E-state index in [1.807, 2.05) is 6.92 Å². The summed E-state index contributed by atoms with van der Waals surface area (Å²) in [4.78, 5) is 50.5. The van der Waals surface area contributed by atoms with E-state index >= 15 is 0 Å². The number of nitrogens with zero attached hydrogens (tertiary/aromatic N) is 1. The molecule has 0 rings (SSSR count). The predicted octanol–water partition coefficient (Wildman–Crippen LogP) is 7.57. The number of carbonyl (C=O) groups is 4. The maximum Gasteiger partial charge on any atom is 0.409 e. The Hall–Kier alpha value is -1.66. The van der Waals surface area contributed by atoms with Crippen LogP contribution < -0.4 is 5.32 Å².